The van der Waals surface area contributed by atoms with Crippen LogP contribution in [-0.4, -0.2) is 6.04 Å². The molecule has 1 aliphatic rings. The minimum atomic E-state index is 0.616. The van der Waals surface area contributed by atoms with Gasteiger partial charge in [-0.3, -0.25) is 0 Å². The van der Waals surface area contributed by atoms with E-state index < -0.39 is 0 Å². The van der Waals surface area contributed by atoms with Crippen LogP contribution < -0.4 is 5.32 Å². The van der Waals surface area contributed by atoms with Crippen LogP contribution in [0.15, 0.2) is 30.4 Å². The number of halogens is 1. The number of benzene rings is 1. The first-order valence-electron chi connectivity index (χ1n) is 5.39. The minimum Gasteiger partial charge on any atom is -0.309 e. The van der Waals surface area contributed by atoms with E-state index in [4.69, 9.17) is 11.6 Å². The maximum Gasteiger partial charge on any atom is 0.0438 e. The second-order valence-electron chi connectivity index (χ2n) is 4.10. The molecule has 1 aliphatic carbocycles. The van der Waals surface area contributed by atoms with Crippen molar-refractivity contribution in [3.63, 3.8) is 0 Å². The summed E-state index contributed by atoms with van der Waals surface area (Å²) >= 11 is 6.07. The Morgan fingerprint density at radius 3 is 2.73 bits per heavy atom. The number of aryl methyl sites for hydroxylation is 1. The third-order valence-corrected chi connectivity index (χ3v) is 3.25. The van der Waals surface area contributed by atoms with E-state index >= 15 is 0 Å². The molecular weight excluding hydrogens is 206 g/mol. The monoisotopic (exact) mass is 221 g/mol. The molecule has 2 heteroatoms. The summed E-state index contributed by atoms with van der Waals surface area (Å²) in [6, 6.07) is 6.87. The van der Waals surface area contributed by atoms with E-state index in [0.29, 0.717) is 6.04 Å². The average Bonchev–Trinajstić information content (AvgIpc) is 2.73. The molecule has 0 radical (unpaired) electrons. The molecule has 0 unspecified atom stereocenters. The lowest BCUT2D eigenvalue weighted by atomic mass is 10.1. The zero-order valence-electron chi connectivity index (χ0n) is 8.96. The van der Waals surface area contributed by atoms with E-state index in [1.807, 2.05) is 13.0 Å². The van der Waals surface area contributed by atoms with E-state index in [1.165, 1.54) is 5.56 Å². The van der Waals surface area contributed by atoms with Crippen molar-refractivity contribution in [3.05, 3.63) is 46.5 Å². The van der Waals surface area contributed by atoms with Crippen LogP contribution in [-0.2, 0) is 6.54 Å². The molecule has 0 saturated carbocycles. The van der Waals surface area contributed by atoms with Crippen molar-refractivity contribution < 1.29 is 0 Å². The summed E-state index contributed by atoms with van der Waals surface area (Å²) in [5, 5.41) is 4.38. The molecule has 1 nitrogen and oxygen atoms in total. The molecule has 0 amide bonds. The van der Waals surface area contributed by atoms with Gasteiger partial charge in [-0.25, -0.2) is 0 Å². The summed E-state index contributed by atoms with van der Waals surface area (Å²) in [4.78, 5) is 0. The first-order chi connectivity index (χ1) is 7.25. The molecule has 2 rings (SSSR count). The largest absolute Gasteiger partial charge is 0.309 e. The molecule has 80 valence electrons. The smallest absolute Gasteiger partial charge is 0.0438 e. The lowest BCUT2D eigenvalue weighted by Gasteiger charge is -2.12. The molecule has 1 aromatic rings. The maximum atomic E-state index is 6.07. The van der Waals surface area contributed by atoms with Crippen LogP contribution in [0.5, 0.6) is 0 Å². The lowest BCUT2D eigenvalue weighted by molar-refractivity contribution is 0.538. The molecule has 0 heterocycles. The fourth-order valence-corrected chi connectivity index (χ4v) is 2.00. The van der Waals surface area contributed by atoms with Gasteiger partial charge in [0.05, 0.1) is 0 Å². The summed E-state index contributed by atoms with van der Waals surface area (Å²) in [6.45, 7) is 2.94. The van der Waals surface area contributed by atoms with E-state index in [0.717, 1.165) is 30.0 Å². The summed E-state index contributed by atoms with van der Waals surface area (Å²) in [6.07, 6.45) is 6.78. The first-order valence-corrected chi connectivity index (χ1v) is 5.77. The highest BCUT2D eigenvalue weighted by Crippen LogP contribution is 2.17. The standard InChI is InChI=1S/C13H16ClN/c1-10-6-7-11(8-13(10)14)9-15-12-4-2-3-5-12/h2-3,6-8,12,15H,4-5,9H2,1H3. The zero-order chi connectivity index (χ0) is 10.7. The van der Waals surface area contributed by atoms with Crippen molar-refractivity contribution in [2.24, 2.45) is 0 Å². The summed E-state index contributed by atoms with van der Waals surface area (Å²) in [5.74, 6) is 0. The topological polar surface area (TPSA) is 12.0 Å². The Morgan fingerprint density at radius 1 is 1.33 bits per heavy atom. The molecule has 0 saturated heterocycles. The van der Waals surface area contributed by atoms with Gasteiger partial charge in [-0.05, 0) is 37.0 Å². The molecular formula is C13H16ClN. The summed E-state index contributed by atoms with van der Waals surface area (Å²) in [7, 11) is 0. The maximum absolute atomic E-state index is 6.07. The Balaban J connectivity index is 1.90. The third kappa shape index (κ3) is 2.83. The van der Waals surface area contributed by atoms with Crippen molar-refractivity contribution in [3.8, 4) is 0 Å². The molecule has 0 atom stereocenters. The fourth-order valence-electron chi connectivity index (χ4n) is 1.79. The van der Waals surface area contributed by atoms with Gasteiger partial charge in [0.25, 0.3) is 0 Å². The molecule has 1 N–H and O–H groups in total. The van der Waals surface area contributed by atoms with Gasteiger partial charge >= 0.3 is 0 Å². The molecule has 15 heavy (non-hydrogen) atoms. The highest BCUT2D eigenvalue weighted by Gasteiger charge is 2.08. The van der Waals surface area contributed by atoms with Gasteiger partial charge in [-0.2, -0.15) is 0 Å². The molecule has 0 fully saturated rings. The average molecular weight is 222 g/mol. The quantitative estimate of drug-likeness (QED) is 0.771. The van der Waals surface area contributed by atoms with Crippen LogP contribution in [0.2, 0.25) is 5.02 Å². The highest BCUT2D eigenvalue weighted by atomic mass is 35.5. The van der Waals surface area contributed by atoms with Crippen molar-refractivity contribution in [1.82, 2.24) is 5.32 Å². The normalized spacial score (nSPS) is 16.1. The second-order valence-corrected chi connectivity index (χ2v) is 4.51. The number of hydrogen-bond acceptors (Lipinski definition) is 1. The van der Waals surface area contributed by atoms with Crippen LogP contribution >= 0.6 is 11.6 Å². The lowest BCUT2D eigenvalue weighted by Crippen LogP contribution is -2.25. The van der Waals surface area contributed by atoms with E-state index in [2.05, 4.69) is 29.6 Å². The molecule has 0 bridgehead atoms. The fraction of sp³-hybridized carbons (Fsp3) is 0.385. The van der Waals surface area contributed by atoms with E-state index in [-0.39, 0.29) is 0 Å². The Labute approximate surface area is 96.1 Å². The Bertz CT molecular complexity index is 363. The predicted octanol–water partition coefficient (Wildman–Crippen LogP) is 3.46. The zero-order valence-corrected chi connectivity index (χ0v) is 9.72. The van der Waals surface area contributed by atoms with Gasteiger partial charge in [-0.15, -0.1) is 0 Å². The van der Waals surface area contributed by atoms with Crippen LogP contribution in [0.25, 0.3) is 0 Å². The van der Waals surface area contributed by atoms with Gasteiger partial charge in [0.1, 0.15) is 0 Å². The van der Waals surface area contributed by atoms with Crippen LogP contribution in [0.1, 0.15) is 24.0 Å². The van der Waals surface area contributed by atoms with Gasteiger partial charge in [-0.1, -0.05) is 35.9 Å². The third-order valence-electron chi connectivity index (χ3n) is 2.84. The van der Waals surface area contributed by atoms with Crippen molar-refractivity contribution >= 4 is 11.6 Å². The van der Waals surface area contributed by atoms with Crippen molar-refractivity contribution in [2.75, 3.05) is 0 Å². The molecule has 0 aromatic heterocycles. The first kappa shape index (κ1) is 10.7. The Hall–Kier alpha value is -0.790. The summed E-state index contributed by atoms with van der Waals surface area (Å²) in [5.41, 5.74) is 2.40. The van der Waals surface area contributed by atoms with Gasteiger partial charge < -0.3 is 5.32 Å². The van der Waals surface area contributed by atoms with Gasteiger partial charge in [0.15, 0.2) is 0 Å². The van der Waals surface area contributed by atoms with Crippen molar-refractivity contribution in [1.29, 1.82) is 0 Å². The summed E-state index contributed by atoms with van der Waals surface area (Å²) < 4.78 is 0. The Morgan fingerprint density at radius 2 is 2.07 bits per heavy atom. The predicted molar refractivity (Wildman–Crippen MR) is 65.2 cm³/mol. The number of hydrogen-bond donors (Lipinski definition) is 1. The second kappa shape index (κ2) is 4.82. The number of rotatable bonds is 3. The van der Waals surface area contributed by atoms with Crippen LogP contribution in [0.4, 0.5) is 0 Å². The van der Waals surface area contributed by atoms with E-state index in [1.54, 1.807) is 0 Å². The Kier molecular flexibility index (Phi) is 3.45. The molecule has 0 aliphatic heterocycles. The molecule has 1 aromatic carbocycles. The SMILES string of the molecule is Cc1ccc(CNC2CC=CC2)cc1Cl. The van der Waals surface area contributed by atoms with Gasteiger partial charge in [0.2, 0.25) is 0 Å². The molecule has 0 spiro atoms. The van der Waals surface area contributed by atoms with Gasteiger partial charge in [0, 0.05) is 17.6 Å². The van der Waals surface area contributed by atoms with Crippen LogP contribution in [0.3, 0.4) is 0 Å². The van der Waals surface area contributed by atoms with Crippen LogP contribution in [0, 0.1) is 6.92 Å². The number of nitrogens with one attached hydrogen (secondary N) is 1. The minimum absolute atomic E-state index is 0.616. The van der Waals surface area contributed by atoms with Crippen molar-refractivity contribution in [2.45, 2.75) is 32.4 Å². The van der Waals surface area contributed by atoms with E-state index in [9.17, 15) is 0 Å². The highest BCUT2D eigenvalue weighted by molar-refractivity contribution is 6.31.